The molecule has 3 aromatic rings. The van der Waals surface area contributed by atoms with Crippen molar-refractivity contribution in [2.24, 2.45) is 0 Å². The second kappa shape index (κ2) is 6.24. The largest absolute Gasteiger partial charge is 0.378 e. The van der Waals surface area contributed by atoms with E-state index in [4.69, 9.17) is 9.72 Å². The SMILES string of the molecule is CCn1c(-c2ccccc2)nc2cc(N3CCOCC3)c(F)cc21. The molecule has 0 radical (unpaired) electrons. The Morgan fingerprint density at radius 3 is 2.58 bits per heavy atom. The van der Waals surface area contributed by atoms with Gasteiger partial charge in [-0.3, -0.25) is 0 Å². The molecule has 0 aliphatic carbocycles. The van der Waals surface area contributed by atoms with Crippen LogP contribution in [0.2, 0.25) is 0 Å². The highest BCUT2D eigenvalue weighted by Gasteiger charge is 2.19. The van der Waals surface area contributed by atoms with Crippen molar-refractivity contribution in [3.63, 3.8) is 0 Å². The van der Waals surface area contributed by atoms with E-state index in [0.29, 0.717) is 32.0 Å². The molecule has 0 N–H and O–H groups in total. The minimum atomic E-state index is -0.196. The van der Waals surface area contributed by atoms with Gasteiger partial charge in [0.25, 0.3) is 0 Å². The fourth-order valence-corrected chi connectivity index (χ4v) is 3.31. The minimum Gasteiger partial charge on any atom is -0.378 e. The molecule has 124 valence electrons. The summed E-state index contributed by atoms with van der Waals surface area (Å²) in [4.78, 5) is 6.82. The number of anilines is 1. The Morgan fingerprint density at radius 1 is 1.12 bits per heavy atom. The first-order chi connectivity index (χ1) is 11.8. The van der Waals surface area contributed by atoms with Crippen molar-refractivity contribution in [1.29, 1.82) is 0 Å². The van der Waals surface area contributed by atoms with Crippen LogP contribution < -0.4 is 4.90 Å². The van der Waals surface area contributed by atoms with Gasteiger partial charge in [-0.1, -0.05) is 30.3 Å². The van der Waals surface area contributed by atoms with Crippen molar-refractivity contribution in [3.05, 3.63) is 48.3 Å². The summed E-state index contributed by atoms with van der Waals surface area (Å²) < 4.78 is 22.1. The lowest BCUT2D eigenvalue weighted by Gasteiger charge is -2.29. The molecule has 0 amide bonds. The zero-order valence-corrected chi connectivity index (χ0v) is 13.7. The minimum absolute atomic E-state index is 0.196. The molecule has 2 aromatic carbocycles. The Morgan fingerprint density at radius 2 is 1.88 bits per heavy atom. The number of morpholine rings is 1. The summed E-state index contributed by atoms with van der Waals surface area (Å²) in [5, 5.41) is 0. The number of rotatable bonds is 3. The third-order valence-electron chi connectivity index (χ3n) is 4.52. The Kier molecular flexibility index (Phi) is 3.94. The van der Waals surface area contributed by atoms with Gasteiger partial charge in [0.1, 0.15) is 11.6 Å². The molecule has 4 nitrogen and oxygen atoms in total. The number of hydrogen-bond donors (Lipinski definition) is 0. The first-order valence-corrected chi connectivity index (χ1v) is 8.36. The molecule has 0 saturated carbocycles. The highest BCUT2D eigenvalue weighted by atomic mass is 19.1. The second-order valence-corrected chi connectivity index (χ2v) is 5.94. The number of aromatic nitrogens is 2. The normalized spacial score (nSPS) is 15.2. The van der Waals surface area contributed by atoms with Gasteiger partial charge in [-0.2, -0.15) is 0 Å². The Balaban J connectivity index is 1.85. The molecular weight excluding hydrogens is 305 g/mol. The van der Waals surface area contributed by atoms with Crippen molar-refractivity contribution in [2.45, 2.75) is 13.5 Å². The van der Waals surface area contributed by atoms with Crippen LogP contribution in [0.5, 0.6) is 0 Å². The molecule has 1 saturated heterocycles. The van der Waals surface area contributed by atoms with Crippen LogP contribution >= 0.6 is 0 Å². The number of fused-ring (bicyclic) bond motifs is 1. The molecule has 1 fully saturated rings. The summed E-state index contributed by atoms with van der Waals surface area (Å²) in [6.07, 6.45) is 0. The van der Waals surface area contributed by atoms with E-state index < -0.39 is 0 Å². The van der Waals surface area contributed by atoms with Gasteiger partial charge in [0.2, 0.25) is 0 Å². The first kappa shape index (κ1) is 15.1. The van der Waals surface area contributed by atoms with Gasteiger partial charge in [-0.15, -0.1) is 0 Å². The zero-order chi connectivity index (χ0) is 16.5. The number of aryl methyl sites for hydroxylation is 1. The highest BCUT2D eigenvalue weighted by molar-refractivity contribution is 5.84. The maximum atomic E-state index is 14.7. The molecule has 2 heterocycles. The highest BCUT2D eigenvalue weighted by Crippen LogP contribution is 2.30. The van der Waals surface area contributed by atoms with Crippen LogP contribution in [-0.4, -0.2) is 35.9 Å². The molecule has 1 aromatic heterocycles. The summed E-state index contributed by atoms with van der Waals surface area (Å²) in [6.45, 7) is 5.50. The summed E-state index contributed by atoms with van der Waals surface area (Å²) in [5.41, 5.74) is 3.33. The summed E-state index contributed by atoms with van der Waals surface area (Å²) in [7, 11) is 0. The number of benzene rings is 2. The van der Waals surface area contributed by atoms with E-state index in [-0.39, 0.29) is 5.82 Å². The van der Waals surface area contributed by atoms with E-state index in [0.717, 1.165) is 29.0 Å². The second-order valence-electron chi connectivity index (χ2n) is 5.94. The van der Waals surface area contributed by atoms with Crippen LogP contribution in [0.1, 0.15) is 6.92 Å². The smallest absolute Gasteiger partial charge is 0.148 e. The fourth-order valence-electron chi connectivity index (χ4n) is 3.31. The lowest BCUT2D eigenvalue weighted by atomic mass is 10.2. The van der Waals surface area contributed by atoms with Crippen LogP contribution in [0.25, 0.3) is 22.4 Å². The van der Waals surface area contributed by atoms with Crippen molar-refractivity contribution in [1.82, 2.24) is 9.55 Å². The summed E-state index contributed by atoms with van der Waals surface area (Å²) in [6, 6.07) is 13.5. The molecule has 0 bridgehead atoms. The average Bonchev–Trinajstić information content (AvgIpc) is 3.00. The zero-order valence-electron chi connectivity index (χ0n) is 13.7. The van der Waals surface area contributed by atoms with Gasteiger partial charge in [0.05, 0.1) is 29.9 Å². The fraction of sp³-hybridized carbons (Fsp3) is 0.316. The van der Waals surface area contributed by atoms with Crippen molar-refractivity contribution in [3.8, 4) is 11.4 Å². The van der Waals surface area contributed by atoms with Gasteiger partial charge in [0.15, 0.2) is 0 Å². The molecule has 0 unspecified atom stereocenters. The Labute approximate surface area is 140 Å². The van der Waals surface area contributed by atoms with Gasteiger partial charge in [-0.05, 0) is 13.0 Å². The molecule has 24 heavy (non-hydrogen) atoms. The van der Waals surface area contributed by atoms with E-state index in [1.807, 2.05) is 41.3 Å². The third-order valence-corrected chi connectivity index (χ3v) is 4.52. The van der Waals surface area contributed by atoms with Gasteiger partial charge >= 0.3 is 0 Å². The predicted octanol–water partition coefficient (Wildman–Crippen LogP) is 3.70. The summed E-state index contributed by atoms with van der Waals surface area (Å²) in [5.74, 6) is 0.685. The lowest BCUT2D eigenvalue weighted by Crippen LogP contribution is -2.36. The topological polar surface area (TPSA) is 30.3 Å². The van der Waals surface area contributed by atoms with E-state index >= 15 is 0 Å². The molecular formula is C19H20FN3O. The van der Waals surface area contributed by atoms with Crippen molar-refractivity contribution >= 4 is 16.7 Å². The molecule has 1 aliphatic rings. The van der Waals surface area contributed by atoms with Crippen LogP contribution in [0.4, 0.5) is 10.1 Å². The van der Waals surface area contributed by atoms with Gasteiger partial charge < -0.3 is 14.2 Å². The standard InChI is InChI=1S/C19H20FN3O/c1-2-23-18-12-15(20)17(22-8-10-24-11-9-22)13-16(18)21-19(23)14-6-4-3-5-7-14/h3-7,12-13H,2,8-11H2,1H3. The maximum absolute atomic E-state index is 14.7. The first-order valence-electron chi connectivity index (χ1n) is 8.36. The number of imidazole rings is 1. The number of nitrogens with zero attached hydrogens (tertiary/aromatic N) is 3. The Bertz CT molecular complexity index is 854. The lowest BCUT2D eigenvalue weighted by molar-refractivity contribution is 0.122. The van der Waals surface area contributed by atoms with Gasteiger partial charge in [0, 0.05) is 31.3 Å². The van der Waals surface area contributed by atoms with E-state index in [1.54, 1.807) is 6.07 Å². The van der Waals surface area contributed by atoms with E-state index in [2.05, 4.69) is 11.5 Å². The molecule has 0 spiro atoms. The van der Waals surface area contributed by atoms with Crippen LogP contribution in [0, 0.1) is 5.82 Å². The molecule has 0 atom stereocenters. The number of halogens is 1. The number of ether oxygens (including phenoxy) is 1. The van der Waals surface area contributed by atoms with Crippen LogP contribution in [0.3, 0.4) is 0 Å². The van der Waals surface area contributed by atoms with Crippen molar-refractivity contribution < 1.29 is 9.13 Å². The molecule has 5 heteroatoms. The average molecular weight is 325 g/mol. The van der Waals surface area contributed by atoms with E-state index in [1.165, 1.54) is 0 Å². The third kappa shape index (κ3) is 2.55. The van der Waals surface area contributed by atoms with Crippen LogP contribution in [0.15, 0.2) is 42.5 Å². The summed E-state index contributed by atoms with van der Waals surface area (Å²) >= 11 is 0. The Hall–Kier alpha value is -2.40. The molecule has 1 aliphatic heterocycles. The van der Waals surface area contributed by atoms with Gasteiger partial charge in [-0.25, -0.2) is 9.37 Å². The monoisotopic (exact) mass is 325 g/mol. The van der Waals surface area contributed by atoms with Crippen molar-refractivity contribution in [2.75, 3.05) is 31.2 Å². The predicted molar refractivity (Wildman–Crippen MR) is 93.8 cm³/mol. The number of hydrogen-bond acceptors (Lipinski definition) is 3. The molecule has 4 rings (SSSR count). The van der Waals surface area contributed by atoms with Crippen LogP contribution in [-0.2, 0) is 11.3 Å². The maximum Gasteiger partial charge on any atom is 0.148 e. The quantitative estimate of drug-likeness (QED) is 0.735. The van der Waals surface area contributed by atoms with E-state index in [9.17, 15) is 4.39 Å².